The van der Waals surface area contributed by atoms with Crippen LogP contribution < -0.4 is 5.32 Å². The van der Waals surface area contributed by atoms with E-state index in [9.17, 15) is 4.79 Å². The molecule has 0 fully saturated rings. The zero-order valence-electron chi connectivity index (χ0n) is 12.3. The van der Waals surface area contributed by atoms with E-state index in [1.165, 1.54) is 11.5 Å². The number of anilines is 1. The lowest BCUT2D eigenvalue weighted by atomic mass is 10.1. The van der Waals surface area contributed by atoms with E-state index in [4.69, 9.17) is 0 Å². The molecule has 0 unspecified atom stereocenters. The maximum absolute atomic E-state index is 12.3. The summed E-state index contributed by atoms with van der Waals surface area (Å²) in [4.78, 5) is 16.7. The summed E-state index contributed by atoms with van der Waals surface area (Å²) in [6.45, 7) is 3.93. The Morgan fingerprint density at radius 3 is 2.59 bits per heavy atom. The normalized spacial score (nSPS) is 10.5. The summed E-state index contributed by atoms with van der Waals surface area (Å²) >= 11 is 1.18. The van der Waals surface area contributed by atoms with Crippen molar-refractivity contribution in [2.45, 2.75) is 13.8 Å². The van der Waals surface area contributed by atoms with Crippen molar-refractivity contribution in [1.82, 2.24) is 9.36 Å². The van der Waals surface area contributed by atoms with Crippen molar-refractivity contribution in [2.75, 3.05) is 5.32 Å². The van der Waals surface area contributed by atoms with E-state index in [2.05, 4.69) is 14.7 Å². The second kappa shape index (κ2) is 6.07. The smallest absolute Gasteiger partial charge is 0.257 e. The third-order valence-corrected chi connectivity index (χ3v) is 3.94. The first kappa shape index (κ1) is 14.4. The van der Waals surface area contributed by atoms with Gasteiger partial charge in [0.15, 0.2) is 5.82 Å². The van der Waals surface area contributed by atoms with Crippen LogP contribution in [0.4, 0.5) is 5.13 Å². The first-order valence-corrected chi connectivity index (χ1v) is 7.68. The number of hydrogen-bond donors (Lipinski definition) is 1. The number of amides is 1. The molecule has 0 saturated carbocycles. The molecule has 1 amide bonds. The average Bonchev–Trinajstić information content (AvgIpc) is 2.96. The van der Waals surface area contributed by atoms with Gasteiger partial charge in [-0.25, -0.2) is 0 Å². The minimum atomic E-state index is -0.159. The largest absolute Gasteiger partial charge is 0.297 e. The van der Waals surface area contributed by atoms with Crippen molar-refractivity contribution in [2.24, 2.45) is 0 Å². The average molecular weight is 309 g/mol. The van der Waals surface area contributed by atoms with Crippen LogP contribution in [0.2, 0.25) is 0 Å². The van der Waals surface area contributed by atoms with Gasteiger partial charge in [-0.05, 0) is 25.5 Å². The molecule has 4 nitrogen and oxygen atoms in total. The number of aryl methyl sites for hydroxylation is 2. The molecule has 1 aromatic heterocycles. The molecule has 3 rings (SSSR count). The summed E-state index contributed by atoms with van der Waals surface area (Å²) in [6.07, 6.45) is 0. The van der Waals surface area contributed by atoms with Gasteiger partial charge in [-0.15, -0.1) is 0 Å². The fourth-order valence-corrected chi connectivity index (χ4v) is 2.80. The maximum Gasteiger partial charge on any atom is 0.257 e. The zero-order chi connectivity index (χ0) is 15.5. The van der Waals surface area contributed by atoms with Crippen LogP contribution in [-0.2, 0) is 0 Å². The highest BCUT2D eigenvalue weighted by molar-refractivity contribution is 7.10. The number of hydrogen-bond acceptors (Lipinski definition) is 4. The van der Waals surface area contributed by atoms with Crippen molar-refractivity contribution < 1.29 is 4.79 Å². The lowest BCUT2D eigenvalue weighted by Gasteiger charge is -2.05. The Balaban J connectivity index is 1.79. The van der Waals surface area contributed by atoms with E-state index in [-0.39, 0.29) is 5.91 Å². The summed E-state index contributed by atoms with van der Waals surface area (Å²) in [7, 11) is 0. The molecular formula is C17H15N3OS. The summed E-state index contributed by atoms with van der Waals surface area (Å²) in [5.41, 5.74) is 3.68. The van der Waals surface area contributed by atoms with E-state index in [1.807, 2.05) is 62.4 Å². The summed E-state index contributed by atoms with van der Waals surface area (Å²) in [5.74, 6) is 0.467. The van der Waals surface area contributed by atoms with Crippen LogP contribution in [-0.4, -0.2) is 15.3 Å². The van der Waals surface area contributed by atoms with Crippen molar-refractivity contribution in [3.63, 3.8) is 0 Å². The van der Waals surface area contributed by atoms with Crippen molar-refractivity contribution in [1.29, 1.82) is 0 Å². The molecule has 0 atom stereocenters. The predicted molar refractivity (Wildman–Crippen MR) is 89.2 cm³/mol. The zero-order valence-corrected chi connectivity index (χ0v) is 13.1. The van der Waals surface area contributed by atoms with Gasteiger partial charge in [0.05, 0.1) is 0 Å². The molecule has 2 aromatic carbocycles. The molecule has 0 aliphatic rings. The fourth-order valence-electron chi connectivity index (χ4n) is 2.21. The van der Waals surface area contributed by atoms with Crippen molar-refractivity contribution in [3.05, 3.63) is 65.2 Å². The number of nitrogens with zero attached hydrogens (tertiary/aromatic N) is 2. The standard InChI is InChI=1S/C17H15N3OS/c1-11-8-9-14(12(2)10-11)16(21)19-17-18-15(20-22-17)13-6-4-3-5-7-13/h3-10H,1-2H3,(H,18,19,20,21). The molecule has 0 spiro atoms. The van der Waals surface area contributed by atoms with E-state index in [1.54, 1.807) is 0 Å². The molecule has 0 radical (unpaired) electrons. The highest BCUT2D eigenvalue weighted by Crippen LogP contribution is 2.21. The third-order valence-electron chi connectivity index (χ3n) is 3.31. The summed E-state index contributed by atoms with van der Waals surface area (Å²) in [6, 6.07) is 15.4. The third kappa shape index (κ3) is 3.04. The van der Waals surface area contributed by atoms with Crippen LogP contribution in [0.1, 0.15) is 21.5 Å². The summed E-state index contributed by atoms with van der Waals surface area (Å²) < 4.78 is 4.29. The SMILES string of the molecule is Cc1ccc(C(=O)Nc2nc(-c3ccccc3)ns2)c(C)c1. The minimum absolute atomic E-state index is 0.159. The van der Waals surface area contributed by atoms with E-state index in [0.717, 1.165) is 16.7 Å². The van der Waals surface area contributed by atoms with E-state index >= 15 is 0 Å². The van der Waals surface area contributed by atoms with Crippen LogP contribution in [0.25, 0.3) is 11.4 Å². The predicted octanol–water partition coefficient (Wildman–Crippen LogP) is 4.07. The number of rotatable bonds is 3. The molecule has 22 heavy (non-hydrogen) atoms. The van der Waals surface area contributed by atoms with Gasteiger partial charge in [-0.2, -0.15) is 9.36 Å². The Morgan fingerprint density at radius 2 is 1.86 bits per heavy atom. The monoisotopic (exact) mass is 309 g/mol. The Bertz CT molecular complexity index is 812. The van der Waals surface area contributed by atoms with Crippen LogP contribution in [0.3, 0.4) is 0 Å². The van der Waals surface area contributed by atoms with Gasteiger partial charge >= 0.3 is 0 Å². The van der Waals surface area contributed by atoms with Crippen molar-refractivity contribution >= 4 is 22.6 Å². The Morgan fingerprint density at radius 1 is 1.09 bits per heavy atom. The van der Waals surface area contributed by atoms with Crippen LogP contribution in [0.15, 0.2) is 48.5 Å². The molecule has 1 heterocycles. The first-order valence-electron chi connectivity index (χ1n) is 6.91. The molecular weight excluding hydrogens is 294 g/mol. The van der Waals surface area contributed by atoms with Gasteiger partial charge < -0.3 is 0 Å². The van der Waals surface area contributed by atoms with Gasteiger partial charge in [0.2, 0.25) is 5.13 Å². The Hall–Kier alpha value is -2.53. The highest BCUT2D eigenvalue weighted by Gasteiger charge is 2.12. The van der Waals surface area contributed by atoms with Crippen molar-refractivity contribution in [3.8, 4) is 11.4 Å². The highest BCUT2D eigenvalue weighted by atomic mass is 32.1. The maximum atomic E-state index is 12.3. The number of benzene rings is 2. The Labute approximate surface area is 133 Å². The van der Waals surface area contributed by atoms with Crippen LogP contribution >= 0.6 is 11.5 Å². The van der Waals surface area contributed by atoms with Gasteiger partial charge in [-0.1, -0.05) is 48.0 Å². The first-order chi connectivity index (χ1) is 10.6. The second-order valence-corrected chi connectivity index (χ2v) is 5.81. The number of nitrogens with one attached hydrogen (secondary N) is 1. The molecule has 5 heteroatoms. The minimum Gasteiger partial charge on any atom is -0.297 e. The van der Waals surface area contributed by atoms with Gasteiger partial charge in [0.1, 0.15) is 0 Å². The molecule has 0 saturated heterocycles. The van der Waals surface area contributed by atoms with Crippen LogP contribution in [0, 0.1) is 13.8 Å². The molecule has 0 bridgehead atoms. The number of carbonyl (C=O) groups is 1. The topological polar surface area (TPSA) is 54.9 Å². The molecule has 3 aromatic rings. The lowest BCUT2D eigenvalue weighted by Crippen LogP contribution is -2.13. The molecule has 0 aliphatic heterocycles. The Kier molecular flexibility index (Phi) is 3.98. The van der Waals surface area contributed by atoms with E-state index < -0.39 is 0 Å². The van der Waals surface area contributed by atoms with Gasteiger partial charge in [-0.3, -0.25) is 10.1 Å². The number of aromatic nitrogens is 2. The van der Waals surface area contributed by atoms with Crippen LogP contribution in [0.5, 0.6) is 0 Å². The number of carbonyl (C=O) groups excluding carboxylic acids is 1. The molecule has 110 valence electrons. The second-order valence-electron chi connectivity index (χ2n) is 5.06. The quantitative estimate of drug-likeness (QED) is 0.793. The fraction of sp³-hybridized carbons (Fsp3) is 0.118. The molecule has 1 N–H and O–H groups in total. The van der Waals surface area contributed by atoms with E-state index in [0.29, 0.717) is 16.5 Å². The molecule has 0 aliphatic carbocycles. The van der Waals surface area contributed by atoms with Gasteiger partial charge in [0, 0.05) is 22.7 Å². The summed E-state index contributed by atoms with van der Waals surface area (Å²) in [5, 5.41) is 3.32. The van der Waals surface area contributed by atoms with Gasteiger partial charge in [0.25, 0.3) is 5.91 Å². The lowest BCUT2D eigenvalue weighted by molar-refractivity contribution is 0.102.